The monoisotopic (exact) mass is 550 g/mol. The standard InChI is InChI=1S/C31H33N3O.C3H5NS/c35-31(30-12-15-32-33-30)34-16-13-20(14-17-34)22-8-10-24-23(18-22)9-11-27-25-6-1-2-7-26(25)28(19-29(24)27)21-4-3-5-21;1-2-5-3-4-1/h1,6,8-12,15,18,20-21,28H,2-5,7,13-14,16-17,19H2,(H,32,33);3H,1-2H2. The molecule has 5 nitrogen and oxygen atoms in total. The zero-order valence-corrected chi connectivity index (χ0v) is 24.0. The maximum absolute atomic E-state index is 12.7. The van der Waals surface area contributed by atoms with Gasteiger partial charge < -0.3 is 4.90 Å². The van der Waals surface area contributed by atoms with Crippen LogP contribution in [0, 0.1) is 11.8 Å². The molecule has 5 aliphatic rings. The molecule has 3 heterocycles. The van der Waals surface area contributed by atoms with Crippen molar-refractivity contribution in [3.63, 3.8) is 0 Å². The van der Waals surface area contributed by atoms with Gasteiger partial charge in [0.15, 0.2) is 0 Å². The number of piperidine rings is 1. The number of carbonyl (C=O) groups is 1. The van der Waals surface area contributed by atoms with E-state index < -0.39 is 0 Å². The van der Waals surface area contributed by atoms with Crippen LogP contribution in [0.2, 0.25) is 0 Å². The van der Waals surface area contributed by atoms with Crippen LogP contribution in [0.3, 0.4) is 0 Å². The fourth-order valence-corrected chi connectivity index (χ4v) is 7.86. The molecular weight excluding hydrogens is 512 g/mol. The molecule has 1 unspecified atom stereocenters. The van der Waals surface area contributed by atoms with E-state index in [1.54, 1.807) is 35.2 Å². The lowest BCUT2D eigenvalue weighted by Gasteiger charge is -2.41. The molecule has 1 aromatic heterocycles. The van der Waals surface area contributed by atoms with Crippen molar-refractivity contribution >= 4 is 39.6 Å². The molecule has 1 saturated heterocycles. The largest absolute Gasteiger partial charge is 0.337 e. The molecule has 0 radical (unpaired) electrons. The van der Waals surface area contributed by atoms with E-state index in [0.29, 0.717) is 11.6 Å². The number of hydrogen-bond acceptors (Lipinski definition) is 4. The first-order chi connectivity index (χ1) is 19.8. The highest BCUT2D eigenvalue weighted by Crippen LogP contribution is 2.49. The number of likely N-dealkylation sites (tertiary alicyclic amines) is 1. The molecule has 3 aliphatic carbocycles. The van der Waals surface area contributed by atoms with Crippen LogP contribution in [-0.4, -0.2) is 51.9 Å². The van der Waals surface area contributed by atoms with Gasteiger partial charge in [0.2, 0.25) is 0 Å². The van der Waals surface area contributed by atoms with Crippen molar-refractivity contribution in [1.29, 1.82) is 0 Å². The van der Waals surface area contributed by atoms with Crippen LogP contribution >= 0.6 is 11.8 Å². The number of nitrogens with one attached hydrogen (secondary N) is 1. The fourth-order valence-electron chi connectivity index (χ4n) is 7.33. The van der Waals surface area contributed by atoms with E-state index >= 15 is 0 Å². The zero-order valence-electron chi connectivity index (χ0n) is 23.1. The van der Waals surface area contributed by atoms with Crippen LogP contribution in [0.4, 0.5) is 0 Å². The number of rotatable bonds is 3. The Bertz CT molecular complexity index is 1470. The molecule has 2 fully saturated rings. The summed E-state index contributed by atoms with van der Waals surface area (Å²) in [5.74, 6) is 3.42. The minimum atomic E-state index is 0.0672. The van der Waals surface area contributed by atoms with Gasteiger partial charge in [-0.05, 0) is 102 Å². The van der Waals surface area contributed by atoms with E-state index in [0.717, 1.165) is 44.3 Å². The predicted molar refractivity (Wildman–Crippen MR) is 166 cm³/mol. The van der Waals surface area contributed by atoms with E-state index in [-0.39, 0.29) is 5.91 Å². The van der Waals surface area contributed by atoms with Crippen LogP contribution in [0.1, 0.15) is 78.0 Å². The Morgan fingerprint density at radius 3 is 2.65 bits per heavy atom. The summed E-state index contributed by atoms with van der Waals surface area (Å²) < 4.78 is 0. The van der Waals surface area contributed by atoms with E-state index in [1.807, 2.05) is 10.4 Å². The number of thioether (sulfide) groups is 1. The number of nitrogens with zero attached hydrogens (tertiary/aromatic N) is 3. The second-order valence-corrected chi connectivity index (χ2v) is 12.8. The molecule has 40 heavy (non-hydrogen) atoms. The van der Waals surface area contributed by atoms with Crippen molar-refractivity contribution in [2.45, 2.75) is 57.3 Å². The molecule has 2 aliphatic heterocycles. The fraction of sp³-hybridized carbons (Fsp3) is 0.441. The van der Waals surface area contributed by atoms with Gasteiger partial charge in [-0.15, -0.1) is 11.8 Å². The number of aliphatic imine (C=N–C) groups is 1. The third kappa shape index (κ3) is 4.96. The Morgan fingerprint density at radius 1 is 1.05 bits per heavy atom. The lowest BCUT2D eigenvalue weighted by molar-refractivity contribution is 0.0707. The second-order valence-electron chi connectivity index (χ2n) is 11.9. The van der Waals surface area contributed by atoms with Gasteiger partial charge >= 0.3 is 0 Å². The summed E-state index contributed by atoms with van der Waals surface area (Å²) in [4.78, 5) is 18.5. The number of hydrogen-bond donors (Lipinski definition) is 1. The number of H-pyrrole nitrogens is 1. The number of carbonyl (C=O) groups excluding carboxylic acids is 1. The van der Waals surface area contributed by atoms with Crippen LogP contribution in [0.15, 0.2) is 65.3 Å². The lowest BCUT2D eigenvalue weighted by Crippen LogP contribution is -2.38. The highest BCUT2D eigenvalue weighted by Gasteiger charge is 2.36. The van der Waals surface area contributed by atoms with Crippen molar-refractivity contribution in [2.24, 2.45) is 16.8 Å². The molecule has 1 saturated carbocycles. The molecule has 1 atom stereocenters. The minimum absolute atomic E-state index is 0.0672. The average molecular weight is 551 g/mol. The van der Waals surface area contributed by atoms with E-state index in [1.165, 1.54) is 71.8 Å². The summed E-state index contributed by atoms with van der Waals surface area (Å²) in [6.07, 6.45) is 16.4. The Morgan fingerprint density at radius 2 is 1.95 bits per heavy atom. The van der Waals surface area contributed by atoms with Crippen molar-refractivity contribution < 1.29 is 4.79 Å². The van der Waals surface area contributed by atoms with E-state index in [9.17, 15) is 4.79 Å². The lowest BCUT2D eigenvalue weighted by atomic mass is 9.64. The zero-order chi connectivity index (χ0) is 26.9. The molecule has 0 bridgehead atoms. The first-order valence-corrected chi connectivity index (χ1v) is 16.1. The van der Waals surface area contributed by atoms with Crippen LogP contribution in [0.5, 0.6) is 0 Å². The quantitative estimate of drug-likeness (QED) is 0.369. The number of fused-ring (bicyclic) bond motifs is 4. The molecule has 206 valence electrons. The third-order valence-corrected chi connectivity index (χ3v) is 10.4. The summed E-state index contributed by atoms with van der Waals surface area (Å²) in [7, 11) is 0. The Balaban J connectivity index is 0.000000480. The van der Waals surface area contributed by atoms with E-state index in [4.69, 9.17) is 0 Å². The molecule has 0 spiro atoms. The number of aromatic amines is 1. The van der Waals surface area contributed by atoms with Gasteiger partial charge in [0.05, 0.1) is 5.55 Å². The summed E-state index contributed by atoms with van der Waals surface area (Å²) in [6, 6.07) is 13.7. The topological polar surface area (TPSA) is 61.4 Å². The number of amides is 1. The van der Waals surface area contributed by atoms with Gasteiger partial charge in [0.1, 0.15) is 5.69 Å². The third-order valence-electron chi connectivity index (χ3n) is 9.72. The van der Waals surface area contributed by atoms with E-state index in [2.05, 4.69) is 57.7 Å². The van der Waals surface area contributed by atoms with Crippen molar-refractivity contribution in [3.05, 3.63) is 82.7 Å². The first-order valence-electron chi connectivity index (χ1n) is 15.1. The van der Waals surface area contributed by atoms with Crippen molar-refractivity contribution in [3.8, 4) is 0 Å². The molecule has 3 aromatic rings. The Labute approximate surface area is 241 Å². The van der Waals surface area contributed by atoms with Crippen molar-refractivity contribution in [2.75, 3.05) is 25.4 Å². The predicted octanol–water partition coefficient (Wildman–Crippen LogP) is 7.42. The molecular formula is C34H38N4OS. The smallest absolute Gasteiger partial charge is 0.271 e. The average Bonchev–Trinajstić information content (AvgIpc) is 3.74. The van der Waals surface area contributed by atoms with Gasteiger partial charge in [0, 0.05) is 31.6 Å². The minimum Gasteiger partial charge on any atom is -0.337 e. The molecule has 2 aromatic carbocycles. The molecule has 1 N–H and O–H groups in total. The molecule has 6 heteroatoms. The highest BCUT2D eigenvalue weighted by molar-refractivity contribution is 8.12. The Kier molecular flexibility index (Phi) is 7.36. The number of aromatic nitrogens is 2. The second kappa shape index (κ2) is 11.4. The first kappa shape index (κ1) is 25.8. The van der Waals surface area contributed by atoms with Crippen molar-refractivity contribution in [1.82, 2.24) is 15.1 Å². The maximum atomic E-state index is 12.7. The van der Waals surface area contributed by atoms with Gasteiger partial charge in [-0.3, -0.25) is 14.9 Å². The highest BCUT2D eigenvalue weighted by atomic mass is 32.2. The number of allylic oxidation sites excluding steroid dienone is 4. The van der Waals surface area contributed by atoms with Crippen LogP contribution < -0.4 is 0 Å². The normalized spacial score (nSPS) is 22.5. The molecule has 1 amide bonds. The van der Waals surface area contributed by atoms with Gasteiger partial charge in [-0.25, -0.2) is 0 Å². The van der Waals surface area contributed by atoms with Gasteiger partial charge in [-0.2, -0.15) is 5.10 Å². The molecule has 8 rings (SSSR count). The summed E-state index contributed by atoms with van der Waals surface area (Å²) in [6.45, 7) is 2.64. The SMILES string of the molecule is C1=NCCS1.O=C(c1ccn[nH]1)N1CCC(c2ccc3c4c(ccc3c2)C2=C(CCC=C2)C(C2CCC2)C4)CC1. The van der Waals surface area contributed by atoms with Gasteiger partial charge in [0.25, 0.3) is 5.91 Å². The van der Waals surface area contributed by atoms with Crippen LogP contribution in [-0.2, 0) is 6.42 Å². The Hall–Kier alpha value is -3.12. The summed E-state index contributed by atoms with van der Waals surface area (Å²) in [5, 5.41) is 9.57. The van der Waals surface area contributed by atoms with Crippen LogP contribution in [0.25, 0.3) is 16.3 Å². The van der Waals surface area contributed by atoms with Gasteiger partial charge in [-0.1, -0.05) is 54.5 Å². The summed E-state index contributed by atoms with van der Waals surface area (Å²) in [5.41, 5.74) is 10.3. The number of benzene rings is 2. The summed E-state index contributed by atoms with van der Waals surface area (Å²) >= 11 is 1.78. The maximum Gasteiger partial charge on any atom is 0.271 e.